The highest BCUT2D eigenvalue weighted by atomic mass is 32.2. The zero-order valence-corrected chi connectivity index (χ0v) is 11.5. The van der Waals surface area contributed by atoms with Crippen LogP contribution in [0.5, 0.6) is 0 Å². The van der Waals surface area contributed by atoms with Crippen LogP contribution < -0.4 is 5.73 Å². The molecule has 0 aliphatic carbocycles. The summed E-state index contributed by atoms with van der Waals surface area (Å²) >= 11 is 0. The summed E-state index contributed by atoms with van der Waals surface area (Å²) < 4.78 is 23.0. The van der Waals surface area contributed by atoms with Gasteiger partial charge in [0.1, 0.15) is 0 Å². The first kappa shape index (κ1) is 13.5. The molecular formula is C13H20N2O2S. The van der Waals surface area contributed by atoms with Crippen LogP contribution >= 0.6 is 0 Å². The molecule has 0 saturated carbocycles. The van der Waals surface area contributed by atoms with Gasteiger partial charge in [-0.15, -0.1) is 0 Å². The SMILES string of the molecule is CC1CS(=O)(=O)CCN1Cc1cccc(CN)c1. The predicted molar refractivity (Wildman–Crippen MR) is 72.9 cm³/mol. The molecule has 0 bridgehead atoms. The Labute approximate surface area is 109 Å². The van der Waals surface area contributed by atoms with Crippen molar-refractivity contribution < 1.29 is 8.42 Å². The molecule has 1 aromatic rings. The lowest BCUT2D eigenvalue weighted by Crippen LogP contribution is -2.46. The van der Waals surface area contributed by atoms with Crippen molar-refractivity contribution in [3.63, 3.8) is 0 Å². The van der Waals surface area contributed by atoms with Gasteiger partial charge in [-0.2, -0.15) is 0 Å². The van der Waals surface area contributed by atoms with Gasteiger partial charge in [0.2, 0.25) is 0 Å². The fraction of sp³-hybridized carbons (Fsp3) is 0.538. The van der Waals surface area contributed by atoms with Gasteiger partial charge in [0.25, 0.3) is 0 Å². The minimum atomic E-state index is -2.83. The number of nitrogens with zero attached hydrogens (tertiary/aromatic N) is 1. The molecule has 2 N–H and O–H groups in total. The summed E-state index contributed by atoms with van der Waals surface area (Å²) in [6.07, 6.45) is 0. The molecule has 100 valence electrons. The fourth-order valence-corrected chi connectivity index (χ4v) is 3.98. The summed E-state index contributed by atoms with van der Waals surface area (Å²) in [5.41, 5.74) is 7.94. The Morgan fingerprint density at radius 2 is 2.11 bits per heavy atom. The van der Waals surface area contributed by atoms with E-state index in [9.17, 15) is 8.42 Å². The number of nitrogens with two attached hydrogens (primary N) is 1. The summed E-state index contributed by atoms with van der Waals surface area (Å²) in [5.74, 6) is 0.539. The average molecular weight is 268 g/mol. The Morgan fingerprint density at radius 1 is 1.39 bits per heavy atom. The minimum absolute atomic E-state index is 0.0882. The fourth-order valence-electron chi connectivity index (χ4n) is 2.36. The van der Waals surface area contributed by atoms with Gasteiger partial charge in [-0.25, -0.2) is 8.42 Å². The van der Waals surface area contributed by atoms with Gasteiger partial charge >= 0.3 is 0 Å². The molecule has 4 nitrogen and oxygen atoms in total. The van der Waals surface area contributed by atoms with E-state index in [-0.39, 0.29) is 17.5 Å². The second-order valence-corrected chi connectivity index (χ2v) is 7.19. The van der Waals surface area contributed by atoms with Crippen LogP contribution in [0.1, 0.15) is 18.1 Å². The Hall–Kier alpha value is -0.910. The van der Waals surface area contributed by atoms with Crippen LogP contribution in [0, 0.1) is 0 Å². The van der Waals surface area contributed by atoms with E-state index in [0.29, 0.717) is 13.1 Å². The number of rotatable bonds is 3. The molecule has 2 rings (SSSR count). The molecule has 1 aliphatic rings. The molecule has 1 heterocycles. The molecule has 0 radical (unpaired) electrons. The Morgan fingerprint density at radius 3 is 2.78 bits per heavy atom. The van der Waals surface area contributed by atoms with Crippen LogP contribution in [0.2, 0.25) is 0 Å². The third-order valence-corrected chi connectivity index (χ3v) is 5.22. The number of benzene rings is 1. The molecule has 1 atom stereocenters. The normalized spacial score (nSPS) is 24.0. The molecule has 0 spiro atoms. The lowest BCUT2D eigenvalue weighted by molar-refractivity contribution is 0.218. The lowest BCUT2D eigenvalue weighted by Gasteiger charge is -2.33. The maximum absolute atomic E-state index is 11.5. The molecule has 0 aromatic heterocycles. The summed E-state index contributed by atoms with van der Waals surface area (Å²) in [7, 11) is -2.83. The molecule has 1 fully saturated rings. The first-order chi connectivity index (χ1) is 8.50. The minimum Gasteiger partial charge on any atom is -0.326 e. The monoisotopic (exact) mass is 268 g/mol. The number of hydrogen-bond donors (Lipinski definition) is 1. The largest absolute Gasteiger partial charge is 0.326 e. The van der Waals surface area contributed by atoms with Crippen molar-refractivity contribution >= 4 is 9.84 Å². The standard InChI is InChI=1S/C13H20N2O2S/c1-11-10-18(16,17)6-5-15(11)9-13-4-2-3-12(7-13)8-14/h2-4,7,11H,5-6,8-10,14H2,1H3. The van der Waals surface area contributed by atoms with Crippen molar-refractivity contribution in [3.8, 4) is 0 Å². The maximum Gasteiger partial charge on any atom is 0.153 e. The highest BCUT2D eigenvalue weighted by Gasteiger charge is 2.27. The zero-order chi connectivity index (χ0) is 13.2. The maximum atomic E-state index is 11.5. The van der Waals surface area contributed by atoms with Crippen molar-refractivity contribution in [2.45, 2.75) is 26.1 Å². The second-order valence-electron chi connectivity index (χ2n) is 4.96. The quantitative estimate of drug-likeness (QED) is 0.879. The first-order valence-corrected chi connectivity index (χ1v) is 8.05. The van der Waals surface area contributed by atoms with E-state index in [4.69, 9.17) is 5.73 Å². The third-order valence-electron chi connectivity index (χ3n) is 3.42. The lowest BCUT2D eigenvalue weighted by atomic mass is 10.1. The zero-order valence-electron chi connectivity index (χ0n) is 10.7. The van der Waals surface area contributed by atoms with Crippen molar-refractivity contribution in [1.29, 1.82) is 0 Å². The Bertz CT molecular complexity index is 513. The van der Waals surface area contributed by atoms with Crippen LogP contribution in [0.4, 0.5) is 0 Å². The van der Waals surface area contributed by atoms with Gasteiger partial charge in [-0.3, -0.25) is 4.90 Å². The van der Waals surface area contributed by atoms with E-state index in [1.807, 2.05) is 19.1 Å². The molecule has 1 saturated heterocycles. The van der Waals surface area contributed by atoms with Crippen LogP contribution in [0.15, 0.2) is 24.3 Å². The van der Waals surface area contributed by atoms with Gasteiger partial charge < -0.3 is 5.73 Å². The second kappa shape index (κ2) is 5.38. The van der Waals surface area contributed by atoms with E-state index in [0.717, 1.165) is 12.1 Å². The molecule has 1 aliphatic heterocycles. The molecule has 1 unspecified atom stereocenters. The van der Waals surface area contributed by atoms with Gasteiger partial charge in [-0.05, 0) is 18.1 Å². The van der Waals surface area contributed by atoms with Crippen molar-refractivity contribution in [2.75, 3.05) is 18.1 Å². The summed E-state index contributed by atoms with van der Waals surface area (Å²) in [4.78, 5) is 2.22. The van der Waals surface area contributed by atoms with Crippen LogP contribution in [0.25, 0.3) is 0 Å². The van der Waals surface area contributed by atoms with Gasteiger partial charge in [0.05, 0.1) is 11.5 Å². The molecule has 0 amide bonds. The van der Waals surface area contributed by atoms with Crippen molar-refractivity contribution in [3.05, 3.63) is 35.4 Å². The summed E-state index contributed by atoms with van der Waals surface area (Å²) in [6.45, 7) is 3.93. The molecular weight excluding hydrogens is 248 g/mol. The van der Waals surface area contributed by atoms with Gasteiger partial charge in [-0.1, -0.05) is 24.3 Å². The Balaban J connectivity index is 2.05. The van der Waals surface area contributed by atoms with E-state index in [1.54, 1.807) is 0 Å². The predicted octanol–water partition coefficient (Wildman–Crippen LogP) is 0.764. The van der Waals surface area contributed by atoms with Crippen molar-refractivity contribution in [2.24, 2.45) is 5.73 Å². The van der Waals surface area contributed by atoms with Crippen molar-refractivity contribution in [1.82, 2.24) is 4.90 Å². The van der Waals surface area contributed by atoms with E-state index >= 15 is 0 Å². The molecule has 1 aromatic carbocycles. The smallest absolute Gasteiger partial charge is 0.153 e. The van der Waals surface area contributed by atoms with E-state index in [2.05, 4.69) is 17.0 Å². The number of sulfone groups is 1. The summed E-state index contributed by atoms with van der Waals surface area (Å²) in [5, 5.41) is 0. The highest BCUT2D eigenvalue weighted by Crippen LogP contribution is 2.16. The Kier molecular flexibility index (Phi) is 4.04. The highest BCUT2D eigenvalue weighted by molar-refractivity contribution is 7.91. The molecule has 5 heteroatoms. The van der Waals surface area contributed by atoms with Gasteiger partial charge in [0, 0.05) is 25.7 Å². The van der Waals surface area contributed by atoms with Crippen LogP contribution in [-0.4, -0.2) is 37.4 Å². The first-order valence-electron chi connectivity index (χ1n) is 6.22. The van der Waals surface area contributed by atoms with E-state index in [1.165, 1.54) is 5.56 Å². The average Bonchev–Trinajstić information content (AvgIpc) is 2.32. The van der Waals surface area contributed by atoms with E-state index < -0.39 is 9.84 Å². The van der Waals surface area contributed by atoms with Crippen LogP contribution in [-0.2, 0) is 22.9 Å². The summed E-state index contributed by atoms with van der Waals surface area (Å²) in [6, 6.07) is 8.26. The van der Waals surface area contributed by atoms with Crippen LogP contribution in [0.3, 0.4) is 0 Å². The number of hydrogen-bond acceptors (Lipinski definition) is 4. The van der Waals surface area contributed by atoms with Gasteiger partial charge in [0.15, 0.2) is 9.84 Å². The third kappa shape index (κ3) is 3.31. The molecule has 18 heavy (non-hydrogen) atoms. The topological polar surface area (TPSA) is 63.4 Å².